The first-order valence-corrected chi connectivity index (χ1v) is 11.8. The second-order valence-electron chi connectivity index (χ2n) is 8.73. The number of aromatic amines is 1. The molecule has 0 saturated heterocycles. The van der Waals surface area contributed by atoms with Crippen LogP contribution in [0.3, 0.4) is 0 Å². The highest BCUT2D eigenvalue weighted by atomic mass is 19.1. The van der Waals surface area contributed by atoms with Crippen molar-refractivity contribution in [3.05, 3.63) is 95.2 Å². The van der Waals surface area contributed by atoms with Crippen LogP contribution in [0.2, 0.25) is 0 Å². The monoisotopic (exact) mass is 509 g/mol. The molecule has 0 saturated carbocycles. The van der Waals surface area contributed by atoms with Crippen molar-refractivity contribution in [1.82, 2.24) is 40.4 Å². The van der Waals surface area contributed by atoms with E-state index in [0.29, 0.717) is 40.0 Å². The zero-order valence-electron chi connectivity index (χ0n) is 21.0. The molecule has 0 aliphatic rings. The lowest BCUT2D eigenvalue weighted by molar-refractivity contribution is 0.0946. The summed E-state index contributed by atoms with van der Waals surface area (Å²) < 4.78 is 13.6. The molecule has 0 aliphatic heterocycles. The molecule has 10 nitrogen and oxygen atoms in total. The summed E-state index contributed by atoms with van der Waals surface area (Å²) >= 11 is 0. The molecule has 0 aliphatic carbocycles. The molecule has 3 N–H and O–H groups in total. The molecule has 0 spiro atoms. The third-order valence-electron chi connectivity index (χ3n) is 5.68. The number of hydrogen-bond acceptors (Lipinski definition) is 8. The van der Waals surface area contributed by atoms with Gasteiger partial charge in [-0.05, 0) is 50.6 Å². The zero-order chi connectivity index (χ0) is 26.6. The van der Waals surface area contributed by atoms with Gasteiger partial charge in [0.05, 0.1) is 11.9 Å². The van der Waals surface area contributed by atoms with Gasteiger partial charge in [0, 0.05) is 59.3 Å². The van der Waals surface area contributed by atoms with Crippen molar-refractivity contribution >= 4 is 17.5 Å². The van der Waals surface area contributed by atoms with Crippen molar-refractivity contribution in [2.75, 3.05) is 5.32 Å². The third kappa shape index (κ3) is 5.67. The van der Waals surface area contributed by atoms with E-state index in [-0.39, 0.29) is 18.1 Å². The first kappa shape index (κ1) is 24.6. The van der Waals surface area contributed by atoms with E-state index in [4.69, 9.17) is 0 Å². The number of rotatable bonds is 7. The maximum absolute atomic E-state index is 13.6. The molecule has 0 aromatic carbocycles. The smallest absolute Gasteiger partial charge is 0.270 e. The molecule has 0 radical (unpaired) electrons. The summed E-state index contributed by atoms with van der Waals surface area (Å²) in [6, 6.07) is 12.1. The second-order valence-corrected chi connectivity index (χ2v) is 8.73. The molecule has 190 valence electrons. The van der Waals surface area contributed by atoms with Crippen LogP contribution >= 0.6 is 0 Å². The number of amides is 1. The van der Waals surface area contributed by atoms with E-state index in [2.05, 4.69) is 45.8 Å². The Labute approximate surface area is 217 Å². The molecular formula is C27H24FN9O. The fraction of sp³-hybridized carbons (Fsp3) is 0.148. The standard InChI is InChI=1S/C27H24FN9O/c1-15-8-24(34-25-9-16(2)36-37-25)35-26(33-15)19-5-7-23(31-13-19)27(38)32-12-18-4-6-22(30-11-18)21-10-20(28)14-29-17(21)3/h4-11,13-14H,12H2,1-3H3,(H,32,38)(H2,33,34,35,36,37). The van der Waals surface area contributed by atoms with Crippen LogP contribution in [0.25, 0.3) is 22.6 Å². The first-order valence-electron chi connectivity index (χ1n) is 11.8. The molecule has 0 unspecified atom stereocenters. The van der Waals surface area contributed by atoms with E-state index in [1.54, 1.807) is 37.5 Å². The van der Waals surface area contributed by atoms with Crippen LogP contribution in [-0.2, 0) is 6.54 Å². The number of H-pyrrole nitrogens is 1. The van der Waals surface area contributed by atoms with E-state index < -0.39 is 5.82 Å². The van der Waals surface area contributed by atoms with E-state index in [1.165, 1.54) is 12.3 Å². The van der Waals surface area contributed by atoms with Gasteiger partial charge in [0.1, 0.15) is 17.3 Å². The topological polar surface area (TPSA) is 134 Å². The molecule has 0 bridgehead atoms. The van der Waals surface area contributed by atoms with Crippen molar-refractivity contribution in [3.63, 3.8) is 0 Å². The van der Waals surface area contributed by atoms with E-state index in [9.17, 15) is 9.18 Å². The second kappa shape index (κ2) is 10.5. The number of carbonyl (C=O) groups is 1. The average molecular weight is 510 g/mol. The first-order chi connectivity index (χ1) is 18.3. The van der Waals surface area contributed by atoms with Crippen molar-refractivity contribution in [3.8, 4) is 22.6 Å². The van der Waals surface area contributed by atoms with Gasteiger partial charge in [-0.1, -0.05) is 6.07 Å². The lowest BCUT2D eigenvalue weighted by atomic mass is 10.1. The molecule has 0 atom stereocenters. The Morgan fingerprint density at radius 2 is 1.79 bits per heavy atom. The van der Waals surface area contributed by atoms with E-state index >= 15 is 0 Å². The summed E-state index contributed by atoms with van der Waals surface area (Å²) in [6.07, 6.45) is 4.38. The quantitative estimate of drug-likeness (QED) is 0.293. The largest absolute Gasteiger partial charge is 0.347 e. The highest BCUT2D eigenvalue weighted by Gasteiger charge is 2.12. The van der Waals surface area contributed by atoms with Gasteiger partial charge >= 0.3 is 0 Å². The van der Waals surface area contributed by atoms with Crippen LogP contribution in [0.15, 0.2) is 61.1 Å². The SMILES string of the molecule is Cc1cc(Nc2cc(C)[nH]n2)nc(-c2ccc(C(=O)NCc3ccc(-c4cc(F)cnc4C)nc3)nc2)n1. The molecule has 5 aromatic rings. The Hall–Kier alpha value is -5.06. The summed E-state index contributed by atoms with van der Waals surface area (Å²) in [6.45, 7) is 5.85. The molecule has 5 heterocycles. The Balaban J connectivity index is 1.23. The molecule has 1 amide bonds. The van der Waals surface area contributed by atoms with Crippen molar-refractivity contribution in [1.29, 1.82) is 0 Å². The predicted octanol–water partition coefficient (Wildman–Crippen LogP) is 4.46. The number of nitrogens with one attached hydrogen (secondary N) is 3. The normalized spacial score (nSPS) is 10.8. The lowest BCUT2D eigenvalue weighted by Gasteiger charge is -2.08. The van der Waals surface area contributed by atoms with Crippen LogP contribution < -0.4 is 10.6 Å². The van der Waals surface area contributed by atoms with Gasteiger partial charge in [-0.3, -0.25) is 24.8 Å². The molecule has 0 fully saturated rings. The molecular weight excluding hydrogens is 485 g/mol. The molecule has 5 rings (SSSR count). The number of aryl methyl sites for hydroxylation is 3. The number of anilines is 2. The minimum atomic E-state index is -0.419. The highest BCUT2D eigenvalue weighted by molar-refractivity contribution is 5.92. The Bertz CT molecular complexity index is 1600. The van der Waals surface area contributed by atoms with Gasteiger partial charge in [-0.2, -0.15) is 5.10 Å². The fourth-order valence-electron chi connectivity index (χ4n) is 3.76. The van der Waals surface area contributed by atoms with Gasteiger partial charge in [0.25, 0.3) is 5.91 Å². The van der Waals surface area contributed by atoms with Crippen molar-refractivity contribution in [2.24, 2.45) is 0 Å². The van der Waals surface area contributed by atoms with Gasteiger partial charge in [0.2, 0.25) is 0 Å². The van der Waals surface area contributed by atoms with E-state index in [1.807, 2.05) is 32.0 Å². The maximum atomic E-state index is 13.6. The Morgan fingerprint density at radius 1 is 0.921 bits per heavy atom. The summed E-state index contributed by atoms with van der Waals surface area (Å²) in [5.74, 6) is 0.991. The molecule has 38 heavy (non-hydrogen) atoms. The average Bonchev–Trinajstić information content (AvgIpc) is 3.33. The van der Waals surface area contributed by atoms with Crippen LogP contribution in [0.4, 0.5) is 16.0 Å². The number of nitrogens with zero attached hydrogens (tertiary/aromatic N) is 6. The number of halogens is 1. The highest BCUT2D eigenvalue weighted by Crippen LogP contribution is 2.22. The maximum Gasteiger partial charge on any atom is 0.270 e. The summed E-state index contributed by atoms with van der Waals surface area (Å²) in [7, 11) is 0. The number of aromatic nitrogens is 7. The van der Waals surface area contributed by atoms with Crippen LogP contribution in [0.1, 0.15) is 33.1 Å². The Morgan fingerprint density at radius 3 is 2.50 bits per heavy atom. The van der Waals surface area contributed by atoms with Gasteiger partial charge in [-0.15, -0.1) is 0 Å². The number of hydrogen-bond donors (Lipinski definition) is 3. The summed E-state index contributed by atoms with van der Waals surface area (Å²) in [5.41, 5.74) is 5.36. The van der Waals surface area contributed by atoms with Gasteiger partial charge in [-0.25, -0.2) is 14.4 Å². The van der Waals surface area contributed by atoms with Crippen LogP contribution in [0.5, 0.6) is 0 Å². The zero-order valence-corrected chi connectivity index (χ0v) is 21.0. The van der Waals surface area contributed by atoms with Crippen LogP contribution in [0, 0.1) is 26.6 Å². The summed E-state index contributed by atoms with van der Waals surface area (Å²) in [4.78, 5) is 34.4. The third-order valence-corrected chi connectivity index (χ3v) is 5.68. The minimum Gasteiger partial charge on any atom is -0.347 e. The fourth-order valence-corrected chi connectivity index (χ4v) is 3.76. The minimum absolute atomic E-state index is 0.262. The molecule has 11 heteroatoms. The van der Waals surface area contributed by atoms with Gasteiger partial charge in [0.15, 0.2) is 11.6 Å². The number of pyridine rings is 3. The van der Waals surface area contributed by atoms with Crippen molar-refractivity contribution < 1.29 is 9.18 Å². The Kier molecular flexibility index (Phi) is 6.81. The predicted molar refractivity (Wildman–Crippen MR) is 140 cm³/mol. The van der Waals surface area contributed by atoms with E-state index in [0.717, 1.165) is 17.0 Å². The van der Waals surface area contributed by atoms with Gasteiger partial charge < -0.3 is 10.6 Å². The van der Waals surface area contributed by atoms with Crippen molar-refractivity contribution in [2.45, 2.75) is 27.3 Å². The molecule has 5 aromatic heterocycles. The summed E-state index contributed by atoms with van der Waals surface area (Å²) in [5, 5.41) is 13.0. The number of carbonyl (C=O) groups excluding carboxylic acids is 1. The lowest BCUT2D eigenvalue weighted by Crippen LogP contribution is -2.23. The van der Waals surface area contributed by atoms with Crippen LogP contribution in [-0.4, -0.2) is 41.0 Å².